The van der Waals surface area contributed by atoms with E-state index in [1.165, 1.54) is 12.5 Å². The molecule has 0 radical (unpaired) electrons. The predicted molar refractivity (Wildman–Crippen MR) is 131 cm³/mol. The van der Waals surface area contributed by atoms with Crippen molar-refractivity contribution in [3.63, 3.8) is 0 Å². The molecule has 1 saturated heterocycles. The molecule has 4 rings (SSSR count). The number of amides is 2. The Labute approximate surface area is 204 Å². The van der Waals surface area contributed by atoms with E-state index in [0.717, 1.165) is 24.2 Å². The van der Waals surface area contributed by atoms with E-state index in [1.807, 2.05) is 51.3 Å². The Balaban J connectivity index is 1.52. The number of hydrogen-bond donors (Lipinski definition) is 1. The van der Waals surface area contributed by atoms with Crippen LogP contribution in [0.4, 0.5) is 10.5 Å². The van der Waals surface area contributed by atoms with Gasteiger partial charge in [-0.05, 0) is 53.5 Å². The van der Waals surface area contributed by atoms with E-state index in [-0.39, 0.29) is 29.7 Å². The number of nitrogens with zero attached hydrogens (tertiary/aromatic N) is 5. The molecule has 0 aliphatic carbocycles. The number of hydrogen-bond acceptors (Lipinski definition) is 7. The Morgan fingerprint density at radius 2 is 1.91 bits per heavy atom. The summed E-state index contributed by atoms with van der Waals surface area (Å²) in [5.74, 6) is 0.407. The molecule has 0 spiro atoms. The molecular weight excluding hydrogens is 448 g/mol. The standard InChI is InChI=1S/C25H32N6O4/c1-16(2)34-21-12-22-28-19(17-7-10-30(11-8-17)24(33)35-25(3,4)5)13-31(22)14-20(21)29-23(32)18-6-9-26-15-27-18/h6,9,12-17H,7-8,10-11H2,1-5H3,(H,29,32). The molecule has 3 aromatic rings. The van der Waals surface area contributed by atoms with Crippen LogP contribution in [0.3, 0.4) is 0 Å². The van der Waals surface area contributed by atoms with Crippen LogP contribution in [0.5, 0.6) is 5.75 Å². The van der Waals surface area contributed by atoms with Crippen molar-refractivity contribution in [2.75, 3.05) is 18.4 Å². The third kappa shape index (κ3) is 6.06. The predicted octanol–water partition coefficient (Wildman–Crippen LogP) is 4.28. The molecular formula is C25H32N6O4. The highest BCUT2D eigenvalue weighted by Crippen LogP contribution is 2.32. The van der Waals surface area contributed by atoms with E-state index in [0.29, 0.717) is 24.5 Å². The minimum absolute atomic E-state index is 0.0845. The number of piperidine rings is 1. The average molecular weight is 481 g/mol. The largest absolute Gasteiger partial charge is 0.489 e. The van der Waals surface area contributed by atoms with Crippen LogP contribution in [0.1, 0.15) is 69.6 Å². The second kappa shape index (κ2) is 9.89. The maximum absolute atomic E-state index is 12.7. The van der Waals surface area contributed by atoms with Crippen LogP contribution in [-0.2, 0) is 4.74 Å². The molecule has 0 aromatic carbocycles. The zero-order valence-corrected chi connectivity index (χ0v) is 20.8. The lowest BCUT2D eigenvalue weighted by molar-refractivity contribution is 0.0204. The fourth-order valence-corrected chi connectivity index (χ4v) is 3.97. The lowest BCUT2D eigenvalue weighted by atomic mass is 9.94. The summed E-state index contributed by atoms with van der Waals surface area (Å²) in [6, 6.07) is 3.38. The van der Waals surface area contributed by atoms with Gasteiger partial charge in [-0.15, -0.1) is 0 Å². The third-order valence-electron chi connectivity index (χ3n) is 5.56. The fraction of sp³-hybridized carbons (Fsp3) is 0.480. The van der Waals surface area contributed by atoms with Crippen LogP contribution >= 0.6 is 0 Å². The van der Waals surface area contributed by atoms with Gasteiger partial charge < -0.3 is 24.1 Å². The normalized spacial score (nSPS) is 14.9. The maximum Gasteiger partial charge on any atom is 0.410 e. The summed E-state index contributed by atoms with van der Waals surface area (Å²) in [4.78, 5) is 39.5. The lowest BCUT2D eigenvalue weighted by Gasteiger charge is -2.32. The molecule has 1 fully saturated rings. The van der Waals surface area contributed by atoms with Gasteiger partial charge in [0.15, 0.2) is 0 Å². The Kier molecular flexibility index (Phi) is 6.90. The van der Waals surface area contributed by atoms with Gasteiger partial charge >= 0.3 is 6.09 Å². The van der Waals surface area contributed by atoms with Gasteiger partial charge in [0, 0.05) is 43.7 Å². The molecule has 186 valence electrons. The third-order valence-corrected chi connectivity index (χ3v) is 5.56. The summed E-state index contributed by atoms with van der Waals surface area (Å²) >= 11 is 0. The summed E-state index contributed by atoms with van der Waals surface area (Å²) in [6.07, 6.45) is 7.88. The first-order chi connectivity index (χ1) is 16.6. The van der Waals surface area contributed by atoms with Crippen molar-refractivity contribution in [1.29, 1.82) is 0 Å². The molecule has 0 saturated carbocycles. The molecule has 10 heteroatoms. The first kappa shape index (κ1) is 24.4. The van der Waals surface area contributed by atoms with Crippen LogP contribution in [0, 0.1) is 0 Å². The van der Waals surface area contributed by atoms with Crippen molar-refractivity contribution < 1.29 is 19.1 Å². The SMILES string of the molecule is CC(C)Oc1cc2nc(C3CCN(C(=O)OC(C)(C)C)CC3)cn2cc1NC(=O)c1ccncn1. The fourth-order valence-electron chi connectivity index (χ4n) is 3.97. The van der Waals surface area contributed by atoms with E-state index in [1.54, 1.807) is 17.2 Å². The zero-order chi connectivity index (χ0) is 25.2. The van der Waals surface area contributed by atoms with Crippen LogP contribution in [0.2, 0.25) is 0 Å². The first-order valence-corrected chi connectivity index (χ1v) is 11.8. The molecule has 1 aliphatic heterocycles. The Bertz CT molecular complexity index is 1190. The number of fused-ring (bicyclic) bond motifs is 1. The monoisotopic (exact) mass is 480 g/mol. The number of anilines is 1. The Morgan fingerprint density at radius 1 is 1.17 bits per heavy atom. The molecule has 4 heterocycles. The quantitative estimate of drug-likeness (QED) is 0.580. The van der Waals surface area contributed by atoms with Crippen molar-refractivity contribution in [2.45, 2.75) is 65.1 Å². The van der Waals surface area contributed by atoms with E-state index >= 15 is 0 Å². The highest BCUT2D eigenvalue weighted by Gasteiger charge is 2.28. The number of nitrogens with one attached hydrogen (secondary N) is 1. The number of aromatic nitrogens is 4. The summed E-state index contributed by atoms with van der Waals surface area (Å²) in [6.45, 7) is 10.7. The molecule has 0 unspecified atom stereocenters. The number of pyridine rings is 1. The van der Waals surface area contributed by atoms with Gasteiger partial charge in [-0.25, -0.2) is 19.7 Å². The molecule has 35 heavy (non-hydrogen) atoms. The number of carbonyl (C=O) groups excluding carboxylic acids is 2. The Morgan fingerprint density at radius 3 is 2.54 bits per heavy atom. The lowest BCUT2D eigenvalue weighted by Crippen LogP contribution is -2.41. The van der Waals surface area contributed by atoms with Gasteiger partial charge in [-0.2, -0.15) is 0 Å². The van der Waals surface area contributed by atoms with Crippen LogP contribution in [0.15, 0.2) is 37.1 Å². The van der Waals surface area contributed by atoms with E-state index in [9.17, 15) is 9.59 Å². The first-order valence-electron chi connectivity index (χ1n) is 11.8. The van der Waals surface area contributed by atoms with Gasteiger partial charge in [0.25, 0.3) is 5.91 Å². The van der Waals surface area contributed by atoms with Crippen molar-refractivity contribution >= 4 is 23.3 Å². The van der Waals surface area contributed by atoms with Gasteiger partial charge in [0.1, 0.15) is 34.7 Å². The van der Waals surface area contributed by atoms with E-state index in [4.69, 9.17) is 14.5 Å². The second-order valence-electron chi connectivity index (χ2n) is 9.94. The smallest absolute Gasteiger partial charge is 0.410 e. The minimum Gasteiger partial charge on any atom is -0.489 e. The van der Waals surface area contributed by atoms with Crippen molar-refractivity contribution in [1.82, 2.24) is 24.3 Å². The number of carbonyl (C=O) groups is 2. The molecule has 3 aromatic heterocycles. The Hall–Kier alpha value is -3.69. The number of likely N-dealkylation sites (tertiary alicyclic amines) is 1. The summed E-state index contributed by atoms with van der Waals surface area (Å²) in [5.41, 5.74) is 1.96. The van der Waals surface area contributed by atoms with Crippen LogP contribution < -0.4 is 10.1 Å². The number of ether oxygens (including phenoxy) is 2. The number of imidazole rings is 1. The van der Waals surface area contributed by atoms with Crippen molar-refractivity contribution in [3.8, 4) is 5.75 Å². The molecule has 1 aliphatic rings. The zero-order valence-electron chi connectivity index (χ0n) is 20.8. The molecule has 0 bridgehead atoms. The van der Waals surface area contributed by atoms with Gasteiger partial charge in [-0.1, -0.05) is 0 Å². The number of rotatable bonds is 5. The highest BCUT2D eigenvalue weighted by molar-refractivity contribution is 6.03. The van der Waals surface area contributed by atoms with E-state index in [2.05, 4.69) is 15.3 Å². The van der Waals surface area contributed by atoms with E-state index < -0.39 is 5.60 Å². The van der Waals surface area contributed by atoms with Crippen molar-refractivity contribution in [2.24, 2.45) is 0 Å². The minimum atomic E-state index is -0.508. The second-order valence-corrected chi connectivity index (χ2v) is 9.94. The van der Waals surface area contributed by atoms with Gasteiger partial charge in [0.2, 0.25) is 0 Å². The average Bonchev–Trinajstić information content (AvgIpc) is 3.21. The summed E-state index contributed by atoms with van der Waals surface area (Å²) in [5, 5.41) is 2.89. The van der Waals surface area contributed by atoms with Gasteiger partial charge in [-0.3, -0.25) is 4.79 Å². The molecule has 1 N–H and O–H groups in total. The van der Waals surface area contributed by atoms with Crippen LogP contribution in [0.25, 0.3) is 5.65 Å². The maximum atomic E-state index is 12.7. The topological polar surface area (TPSA) is 111 Å². The molecule has 2 amide bonds. The summed E-state index contributed by atoms with van der Waals surface area (Å²) in [7, 11) is 0. The van der Waals surface area contributed by atoms with Gasteiger partial charge in [0.05, 0.1) is 11.8 Å². The molecule has 0 atom stereocenters. The van der Waals surface area contributed by atoms with Crippen LogP contribution in [-0.4, -0.2) is 61.0 Å². The van der Waals surface area contributed by atoms with Crippen molar-refractivity contribution in [3.05, 3.63) is 48.4 Å². The highest BCUT2D eigenvalue weighted by atomic mass is 16.6. The molecule has 10 nitrogen and oxygen atoms in total. The summed E-state index contributed by atoms with van der Waals surface area (Å²) < 4.78 is 13.4.